The third-order valence-electron chi connectivity index (χ3n) is 6.63. The number of pyridine rings is 1. The number of methoxy groups -OCH3 is 1. The van der Waals surface area contributed by atoms with Crippen molar-refractivity contribution in [2.45, 2.75) is 58.8 Å². The molecule has 0 unspecified atom stereocenters. The number of fused-ring (bicyclic) bond motifs is 1. The van der Waals surface area contributed by atoms with E-state index < -0.39 is 23.3 Å². The lowest BCUT2D eigenvalue weighted by molar-refractivity contribution is -0.141. The van der Waals surface area contributed by atoms with Crippen LogP contribution < -0.4 is 15.8 Å². The zero-order valence-corrected chi connectivity index (χ0v) is 22.5. The van der Waals surface area contributed by atoms with E-state index in [1.807, 2.05) is 20.8 Å². The van der Waals surface area contributed by atoms with Gasteiger partial charge in [0.1, 0.15) is 17.0 Å². The van der Waals surface area contributed by atoms with Crippen LogP contribution in [0, 0.1) is 5.41 Å². The normalized spacial score (nSPS) is 15.9. The molecule has 1 atom stereocenters. The van der Waals surface area contributed by atoms with E-state index >= 15 is 0 Å². The number of alkyl halides is 3. The molecular weight excluding hydrogens is 515 g/mol. The lowest BCUT2D eigenvalue weighted by Crippen LogP contribution is -2.49. The minimum absolute atomic E-state index is 0.0161. The van der Waals surface area contributed by atoms with Crippen LogP contribution in [0.1, 0.15) is 68.5 Å². The fourth-order valence-corrected chi connectivity index (χ4v) is 4.39. The van der Waals surface area contributed by atoms with Crippen LogP contribution >= 0.6 is 0 Å². The SMILES string of the molecule is COc1ccc(-c2nc(C(=O)N3CCC(NC(=O)C(C)(C)C)CC3)c([C@H](C)N)o2)c2ccc(C(F)(F)F)nc12. The largest absolute Gasteiger partial charge is 0.494 e. The van der Waals surface area contributed by atoms with Crippen molar-refractivity contribution in [3.63, 3.8) is 0 Å². The first-order chi connectivity index (χ1) is 18.2. The number of piperidine rings is 1. The number of hydrogen-bond donors (Lipinski definition) is 2. The van der Waals surface area contributed by atoms with Crippen molar-refractivity contribution in [1.82, 2.24) is 20.2 Å². The van der Waals surface area contributed by atoms with Gasteiger partial charge in [-0.15, -0.1) is 0 Å². The van der Waals surface area contributed by atoms with Gasteiger partial charge >= 0.3 is 6.18 Å². The maximum absolute atomic E-state index is 13.5. The smallest absolute Gasteiger partial charge is 0.433 e. The number of ether oxygens (including phenoxy) is 1. The second-order valence-corrected chi connectivity index (χ2v) is 10.7. The second kappa shape index (κ2) is 10.5. The molecule has 1 aliphatic rings. The van der Waals surface area contributed by atoms with Gasteiger partial charge in [-0.2, -0.15) is 13.2 Å². The highest BCUT2D eigenvalue weighted by Gasteiger charge is 2.34. The lowest BCUT2D eigenvalue weighted by atomic mass is 9.94. The van der Waals surface area contributed by atoms with Gasteiger partial charge in [0.15, 0.2) is 11.5 Å². The van der Waals surface area contributed by atoms with Crippen LogP contribution in [0.5, 0.6) is 5.75 Å². The first-order valence-electron chi connectivity index (χ1n) is 12.6. The second-order valence-electron chi connectivity index (χ2n) is 10.7. The minimum Gasteiger partial charge on any atom is -0.494 e. The molecule has 12 heteroatoms. The van der Waals surface area contributed by atoms with Crippen molar-refractivity contribution in [2.24, 2.45) is 11.1 Å². The molecule has 1 aromatic carbocycles. The fraction of sp³-hybridized carbons (Fsp3) is 0.481. The number of halogens is 3. The molecule has 0 spiro atoms. The van der Waals surface area contributed by atoms with Gasteiger partial charge in [0.25, 0.3) is 5.91 Å². The summed E-state index contributed by atoms with van der Waals surface area (Å²) in [6.07, 6.45) is -3.47. The molecule has 1 fully saturated rings. The monoisotopic (exact) mass is 547 g/mol. The van der Waals surface area contributed by atoms with Crippen molar-refractivity contribution in [2.75, 3.05) is 20.2 Å². The van der Waals surface area contributed by atoms with Gasteiger partial charge in [0.2, 0.25) is 11.8 Å². The van der Waals surface area contributed by atoms with Gasteiger partial charge in [-0.1, -0.05) is 20.8 Å². The Hall–Kier alpha value is -3.67. The van der Waals surface area contributed by atoms with Crippen LogP contribution in [-0.4, -0.2) is 52.9 Å². The molecule has 3 heterocycles. The number of rotatable bonds is 5. The van der Waals surface area contributed by atoms with Gasteiger partial charge in [-0.3, -0.25) is 9.59 Å². The van der Waals surface area contributed by atoms with E-state index in [0.717, 1.165) is 6.07 Å². The average Bonchev–Trinajstić information content (AvgIpc) is 3.32. The standard InChI is InChI=1S/C27H32F3N5O4/c1-14(31)22-21(24(36)35-12-10-15(11-13-35)32-25(37)26(2,3)4)34-23(39-22)17-6-8-18(38-5)20-16(17)7-9-19(33-20)27(28,29)30/h6-9,14-15H,10-13,31H2,1-5H3,(H,32,37)/t14-/m0/s1. The Morgan fingerprint density at radius 3 is 2.36 bits per heavy atom. The van der Waals surface area contributed by atoms with Gasteiger partial charge < -0.3 is 25.1 Å². The first-order valence-corrected chi connectivity index (χ1v) is 12.6. The van der Waals surface area contributed by atoms with Crippen LogP contribution in [0.4, 0.5) is 13.2 Å². The Kier molecular flexibility index (Phi) is 7.61. The molecule has 4 rings (SSSR count). The summed E-state index contributed by atoms with van der Waals surface area (Å²) >= 11 is 0. The molecule has 3 N–H and O–H groups in total. The summed E-state index contributed by atoms with van der Waals surface area (Å²) in [6.45, 7) is 7.99. The van der Waals surface area contributed by atoms with Crippen LogP contribution in [0.25, 0.3) is 22.4 Å². The Morgan fingerprint density at radius 2 is 1.79 bits per heavy atom. The molecule has 1 aliphatic heterocycles. The highest BCUT2D eigenvalue weighted by atomic mass is 19.4. The topological polar surface area (TPSA) is 124 Å². The molecule has 210 valence electrons. The summed E-state index contributed by atoms with van der Waals surface area (Å²) in [5.74, 6) is -0.0600. The van der Waals surface area contributed by atoms with E-state index in [1.54, 1.807) is 17.9 Å². The maximum Gasteiger partial charge on any atom is 0.433 e. The molecule has 0 aliphatic carbocycles. The number of amides is 2. The van der Waals surface area contributed by atoms with Crippen LogP contribution in [0.15, 0.2) is 28.7 Å². The van der Waals surface area contributed by atoms with Crippen LogP contribution in [0.3, 0.4) is 0 Å². The maximum atomic E-state index is 13.5. The number of likely N-dealkylation sites (tertiary alicyclic amines) is 1. The molecule has 39 heavy (non-hydrogen) atoms. The van der Waals surface area contributed by atoms with Crippen molar-refractivity contribution in [3.05, 3.63) is 41.4 Å². The van der Waals surface area contributed by atoms with E-state index in [-0.39, 0.29) is 46.5 Å². The Morgan fingerprint density at radius 1 is 1.13 bits per heavy atom. The van der Waals surface area contributed by atoms with E-state index in [4.69, 9.17) is 14.9 Å². The number of nitrogens with zero attached hydrogens (tertiary/aromatic N) is 3. The Bertz CT molecular complexity index is 1390. The van der Waals surface area contributed by atoms with Gasteiger partial charge in [0, 0.05) is 35.5 Å². The number of oxazole rings is 1. The number of benzene rings is 1. The Balaban J connectivity index is 1.64. The van der Waals surface area contributed by atoms with E-state index in [9.17, 15) is 22.8 Å². The average molecular weight is 548 g/mol. The van der Waals surface area contributed by atoms with E-state index in [0.29, 0.717) is 36.9 Å². The fourth-order valence-electron chi connectivity index (χ4n) is 4.39. The highest BCUT2D eigenvalue weighted by Crippen LogP contribution is 2.37. The number of nitrogens with two attached hydrogens (primary N) is 1. The van der Waals surface area contributed by atoms with Crippen molar-refractivity contribution in [1.29, 1.82) is 0 Å². The first kappa shape index (κ1) is 28.3. The molecule has 9 nitrogen and oxygen atoms in total. The number of nitrogens with one attached hydrogen (secondary N) is 1. The summed E-state index contributed by atoms with van der Waals surface area (Å²) < 4.78 is 51.1. The van der Waals surface area contributed by atoms with Crippen LogP contribution in [0.2, 0.25) is 0 Å². The molecule has 2 amide bonds. The zero-order chi connectivity index (χ0) is 28.7. The molecule has 1 saturated heterocycles. The van der Waals surface area contributed by atoms with Crippen molar-refractivity contribution in [3.8, 4) is 17.2 Å². The van der Waals surface area contributed by atoms with E-state index in [1.165, 1.54) is 19.2 Å². The summed E-state index contributed by atoms with van der Waals surface area (Å²) in [6, 6.07) is 4.49. The number of aromatic nitrogens is 2. The third-order valence-corrected chi connectivity index (χ3v) is 6.63. The predicted molar refractivity (Wildman–Crippen MR) is 138 cm³/mol. The number of carbonyl (C=O) groups is 2. The summed E-state index contributed by atoms with van der Waals surface area (Å²) in [5.41, 5.74) is 4.91. The summed E-state index contributed by atoms with van der Waals surface area (Å²) in [7, 11) is 1.34. The highest BCUT2D eigenvalue weighted by molar-refractivity contribution is 5.98. The van der Waals surface area contributed by atoms with Gasteiger partial charge in [-0.05, 0) is 44.0 Å². The number of hydrogen-bond acceptors (Lipinski definition) is 7. The summed E-state index contributed by atoms with van der Waals surface area (Å²) in [4.78, 5) is 35.7. The molecule has 0 saturated carbocycles. The molecule has 0 radical (unpaired) electrons. The quantitative estimate of drug-likeness (QED) is 0.474. The molecule has 2 aromatic heterocycles. The van der Waals surface area contributed by atoms with Crippen molar-refractivity contribution < 1.29 is 31.9 Å². The van der Waals surface area contributed by atoms with Gasteiger partial charge in [-0.25, -0.2) is 9.97 Å². The molecule has 3 aromatic rings. The summed E-state index contributed by atoms with van der Waals surface area (Å²) in [5, 5.41) is 3.35. The van der Waals surface area contributed by atoms with E-state index in [2.05, 4.69) is 15.3 Å². The van der Waals surface area contributed by atoms with Crippen molar-refractivity contribution >= 4 is 22.7 Å². The predicted octanol–water partition coefficient (Wildman–Crippen LogP) is 4.70. The zero-order valence-electron chi connectivity index (χ0n) is 22.5. The van der Waals surface area contributed by atoms with Gasteiger partial charge in [0.05, 0.1) is 13.2 Å². The lowest BCUT2D eigenvalue weighted by Gasteiger charge is -2.33. The number of carbonyl (C=O) groups excluding carboxylic acids is 2. The minimum atomic E-state index is -4.64. The third kappa shape index (κ3) is 5.85. The molecular formula is C27H32F3N5O4. The van der Waals surface area contributed by atoms with Crippen LogP contribution in [-0.2, 0) is 11.0 Å². The Labute approximate surface area is 223 Å². The molecule has 0 bridgehead atoms.